The van der Waals surface area contributed by atoms with Gasteiger partial charge < -0.3 is 0 Å². The van der Waals surface area contributed by atoms with Crippen molar-refractivity contribution in [3.05, 3.63) is 34.9 Å². The average molecular weight is 266 g/mol. The monoisotopic (exact) mass is 266 g/mol. The topological polar surface area (TPSA) is 20.2 Å². The van der Waals surface area contributed by atoms with Crippen LogP contribution in [0.3, 0.4) is 0 Å². The van der Waals surface area contributed by atoms with Gasteiger partial charge in [0.15, 0.2) is 0 Å². The molecular formula is C13H19AsO. The molecule has 0 aliphatic heterocycles. The van der Waals surface area contributed by atoms with Crippen LogP contribution < -0.4 is 0 Å². The van der Waals surface area contributed by atoms with Crippen LogP contribution in [0, 0.1) is 0 Å². The molecule has 2 atom stereocenters. The Bertz CT molecular complexity index is 335. The molecule has 0 radical (unpaired) electrons. The minimum atomic E-state index is 0.309. The van der Waals surface area contributed by atoms with Gasteiger partial charge in [-0.1, -0.05) is 0 Å². The van der Waals surface area contributed by atoms with Crippen LogP contribution in [-0.2, 0) is 19.3 Å². The molecular weight excluding hydrogens is 247 g/mol. The van der Waals surface area contributed by atoms with Crippen LogP contribution in [0.4, 0.5) is 0 Å². The zero-order chi connectivity index (χ0) is 10.7. The summed E-state index contributed by atoms with van der Waals surface area (Å²) < 4.78 is 0.901. The van der Waals surface area contributed by atoms with E-state index in [9.17, 15) is 0 Å². The Morgan fingerprint density at radius 1 is 1.40 bits per heavy atom. The van der Waals surface area contributed by atoms with E-state index in [4.69, 9.17) is 5.11 Å². The molecule has 0 aromatic heterocycles. The van der Waals surface area contributed by atoms with Crippen LogP contribution in [0.5, 0.6) is 0 Å². The number of hydrogen-bond acceptors (Lipinski definition) is 1. The summed E-state index contributed by atoms with van der Waals surface area (Å²) >= 11 is 1.88. The van der Waals surface area contributed by atoms with E-state index >= 15 is 0 Å². The summed E-state index contributed by atoms with van der Waals surface area (Å²) in [4.78, 5) is 0. The van der Waals surface area contributed by atoms with Gasteiger partial charge in [0.1, 0.15) is 0 Å². The molecule has 0 amide bonds. The van der Waals surface area contributed by atoms with E-state index in [1.54, 1.807) is 11.1 Å². The van der Waals surface area contributed by atoms with Crippen molar-refractivity contribution in [3.8, 4) is 0 Å². The fourth-order valence-electron chi connectivity index (χ4n) is 2.42. The van der Waals surface area contributed by atoms with Gasteiger partial charge in [-0.15, -0.1) is 0 Å². The fourth-order valence-corrected chi connectivity index (χ4v) is 3.30. The molecule has 0 heterocycles. The van der Waals surface area contributed by atoms with Crippen molar-refractivity contribution in [2.24, 2.45) is 0 Å². The summed E-state index contributed by atoms with van der Waals surface area (Å²) in [5.41, 5.74) is 4.62. The molecule has 1 aliphatic carbocycles. The van der Waals surface area contributed by atoms with E-state index in [2.05, 4.69) is 18.2 Å². The van der Waals surface area contributed by atoms with Crippen LogP contribution in [0.15, 0.2) is 18.2 Å². The summed E-state index contributed by atoms with van der Waals surface area (Å²) in [6, 6.07) is 6.69. The predicted molar refractivity (Wildman–Crippen MR) is 66.2 cm³/mol. The van der Waals surface area contributed by atoms with Gasteiger partial charge in [-0.3, -0.25) is 0 Å². The Kier molecular flexibility index (Phi) is 3.88. The van der Waals surface area contributed by atoms with Crippen molar-refractivity contribution < 1.29 is 5.11 Å². The van der Waals surface area contributed by atoms with E-state index in [-0.39, 0.29) is 0 Å². The third kappa shape index (κ3) is 2.65. The summed E-state index contributed by atoms with van der Waals surface area (Å²) in [5, 5.41) is 8.88. The number of rotatable bonds is 3. The van der Waals surface area contributed by atoms with Gasteiger partial charge in [-0.2, -0.15) is 0 Å². The van der Waals surface area contributed by atoms with Crippen molar-refractivity contribution in [1.29, 1.82) is 0 Å². The summed E-state index contributed by atoms with van der Waals surface area (Å²) in [5.74, 6) is 0. The van der Waals surface area contributed by atoms with Crippen molar-refractivity contribution in [3.63, 3.8) is 0 Å². The Hall–Kier alpha value is -0.262. The molecule has 1 aliphatic rings. The third-order valence-electron chi connectivity index (χ3n) is 3.22. The Balaban J connectivity index is 2.21. The summed E-state index contributed by atoms with van der Waals surface area (Å²) in [6.07, 6.45) is 5.81. The molecule has 2 heteroatoms. The maximum absolute atomic E-state index is 8.88. The normalized spacial score (nSPS) is 20.0. The van der Waals surface area contributed by atoms with E-state index in [0.29, 0.717) is 6.61 Å². The second kappa shape index (κ2) is 5.18. The molecule has 1 nitrogen and oxygen atoms in total. The second-order valence-electron chi connectivity index (χ2n) is 4.38. The average Bonchev–Trinajstić information content (AvgIpc) is 2.25. The van der Waals surface area contributed by atoms with Crippen LogP contribution in [0.25, 0.3) is 0 Å². The molecule has 2 unspecified atom stereocenters. The summed E-state index contributed by atoms with van der Waals surface area (Å²) in [6.45, 7) is 0.309. The van der Waals surface area contributed by atoms with Crippen molar-refractivity contribution in [2.45, 2.75) is 36.8 Å². The van der Waals surface area contributed by atoms with Gasteiger partial charge >= 0.3 is 100 Å². The Morgan fingerprint density at radius 2 is 2.27 bits per heavy atom. The Morgan fingerprint density at radius 3 is 3.07 bits per heavy atom. The molecule has 1 aromatic carbocycles. The van der Waals surface area contributed by atoms with Crippen LogP contribution in [-0.4, -0.2) is 28.6 Å². The first-order chi connectivity index (χ1) is 7.31. The predicted octanol–water partition coefficient (Wildman–Crippen LogP) is 1.52. The van der Waals surface area contributed by atoms with Gasteiger partial charge in [0, 0.05) is 0 Å². The standard InChI is InChI=1S/C13H19AsO/c14-12-6-7-13-10(5-2-8-15)3-1-4-11(13)9-12/h1,3-4,12,15H,2,5-9,14H2. The summed E-state index contributed by atoms with van der Waals surface area (Å²) in [7, 11) is 0. The van der Waals surface area contributed by atoms with Gasteiger partial charge in [0.25, 0.3) is 0 Å². The van der Waals surface area contributed by atoms with E-state index < -0.39 is 0 Å². The number of aryl methyl sites for hydroxylation is 1. The second-order valence-corrected chi connectivity index (χ2v) is 6.36. The third-order valence-corrected chi connectivity index (χ3v) is 4.42. The SMILES string of the molecule is OCCCc1cccc2c1CCC([AsH2])C2. The van der Waals surface area contributed by atoms with Crippen molar-refractivity contribution >= 4 is 16.9 Å². The zero-order valence-electron chi connectivity index (χ0n) is 9.08. The van der Waals surface area contributed by atoms with Crippen LogP contribution in [0.1, 0.15) is 29.5 Å². The van der Waals surface area contributed by atoms with E-state index in [1.807, 2.05) is 16.9 Å². The van der Waals surface area contributed by atoms with Gasteiger partial charge in [0.2, 0.25) is 0 Å². The van der Waals surface area contributed by atoms with Crippen LogP contribution in [0.2, 0.25) is 4.71 Å². The van der Waals surface area contributed by atoms with Crippen molar-refractivity contribution in [2.75, 3.05) is 6.61 Å². The number of hydrogen-bond donors (Lipinski definition) is 1. The molecule has 0 fully saturated rings. The van der Waals surface area contributed by atoms with Crippen LogP contribution >= 0.6 is 0 Å². The fraction of sp³-hybridized carbons (Fsp3) is 0.538. The first-order valence-electron chi connectivity index (χ1n) is 5.77. The number of aliphatic hydroxyl groups excluding tert-OH is 1. The zero-order valence-corrected chi connectivity index (χ0v) is 11.5. The van der Waals surface area contributed by atoms with Gasteiger partial charge in [-0.25, -0.2) is 0 Å². The first kappa shape index (κ1) is 11.2. The molecule has 1 N–H and O–H groups in total. The Labute approximate surface area is 100 Å². The molecule has 0 bridgehead atoms. The molecule has 82 valence electrons. The molecule has 0 saturated heterocycles. The number of benzene rings is 1. The number of aliphatic hydroxyl groups is 1. The van der Waals surface area contributed by atoms with Gasteiger partial charge in [-0.05, 0) is 0 Å². The molecule has 0 saturated carbocycles. The molecule has 15 heavy (non-hydrogen) atoms. The molecule has 2 rings (SSSR count). The number of fused-ring (bicyclic) bond motifs is 1. The van der Waals surface area contributed by atoms with E-state index in [1.165, 1.54) is 24.8 Å². The first-order valence-corrected chi connectivity index (χ1v) is 7.17. The molecule has 1 aromatic rings. The van der Waals surface area contributed by atoms with E-state index in [0.717, 1.165) is 17.5 Å². The van der Waals surface area contributed by atoms with Crippen molar-refractivity contribution in [1.82, 2.24) is 0 Å². The molecule has 0 spiro atoms. The quantitative estimate of drug-likeness (QED) is 0.822. The maximum atomic E-state index is 8.88. The minimum absolute atomic E-state index is 0.309. The van der Waals surface area contributed by atoms with Gasteiger partial charge in [0.05, 0.1) is 0 Å².